The molecule has 0 heterocycles. The summed E-state index contributed by atoms with van der Waals surface area (Å²) < 4.78 is 56.9. The van der Waals surface area contributed by atoms with Gasteiger partial charge in [-0.15, -0.1) is 0 Å². The zero-order chi connectivity index (χ0) is 12.5. The Hall–Kier alpha value is -1.30. The van der Waals surface area contributed by atoms with Crippen LogP contribution in [0, 0.1) is 23.3 Å². The Morgan fingerprint density at radius 1 is 1.12 bits per heavy atom. The van der Waals surface area contributed by atoms with Crippen molar-refractivity contribution >= 4 is 16.8 Å². The van der Waals surface area contributed by atoms with E-state index in [1.807, 2.05) is 0 Å². The Labute approximate surface area is 92.8 Å². The Bertz CT molecular complexity index is 419. The minimum Gasteiger partial charge on any atom is -0.488 e. The zero-order valence-electron chi connectivity index (χ0n) is 7.91. The van der Waals surface area contributed by atoms with Crippen LogP contribution in [-0.4, -0.2) is 11.8 Å². The van der Waals surface area contributed by atoms with Gasteiger partial charge in [0.1, 0.15) is 5.56 Å². The Morgan fingerprint density at radius 3 is 1.88 bits per heavy atom. The number of halogens is 5. The number of carbonyl (C=O) groups excluding carboxylic acids is 1. The summed E-state index contributed by atoms with van der Waals surface area (Å²) >= 11 is 4.79. The number of carbonyl (C=O) groups is 1. The second kappa shape index (κ2) is 4.69. The minimum absolute atomic E-state index is 0.194. The van der Waals surface area contributed by atoms with Gasteiger partial charge in [0, 0.05) is 0 Å². The van der Waals surface area contributed by atoms with E-state index in [1.165, 1.54) is 6.92 Å². The van der Waals surface area contributed by atoms with Crippen LogP contribution in [0.25, 0.3) is 0 Å². The first kappa shape index (κ1) is 12.8. The molecule has 0 atom stereocenters. The van der Waals surface area contributed by atoms with Crippen LogP contribution in [0.4, 0.5) is 17.6 Å². The molecule has 0 unspecified atom stereocenters. The highest BCUT2D eigenvalue weighted by Gasteiger charge is 2.29. The van der Waals surface area contributed by atoms with E-state index in [2.05, 4.69) is 4.74 Å². The molecule has 0 aliphatic rings. The summed E-state index contributed by atoms with van der Waals surface area (Å²) in [5.41, 5.74) is -1.47. The van der Waals surface area contributed by atoms with E-state index in [9.17, 15) is 22.4 Å². The van der Waals surface area contributed by atoms with E-state index >= 15 is 0 Å². The maximum absolute atomic E-state index is 13.1. The lowest BCUT2D eigenvalue weighted by atomic mass is 10.2. The molecule has 16 heavy (non-hydrogen) atoms. The number of hydrogen-bond donors (Lipinski definition) is 0. The van der Waals surface area contributed by atoms with Gasteiger partial charge in [-0.25, -0.2) is 8.78 Å². The molecule has 1 aromatic rings. The molecule has 0 saturated carbocycles. The van der Waals surface area contributed by atoms with Crippen LogP contribution < -0.4 is 4.74 Å². The monoisotopic (exact) mass is 256 g/mol. The SMILES string of the molecule is CCOc1c(F)c(F)c(C(=O)Cl)c(F)c1F. The zero-order valence-corrected chi connectivity index (χ0v) is 8.67. The van der Waals surface area contributed by atoms with Crippen LogP contribution in [0.5, 0.6) is 5.75 Å². The van der Waals surface area contributed by atoms with E-state index in [1.54, 1.807) is 0 Å². The maximum Gasteiger partial charge on any atom is 0.258 e. The lowest BCUT2D eigenvalue weighted by molar-refractivity contribution is 0.107. The van der Waals surface area contributed by atoms with Gasteiger partial charge in [-0.1, -0.05) is 0 Å². The summed E-state index contributed by atoms with van der Waals surface area (Å²) in [6, 6.07) is 0. The van der Waals surface area contributed by atoms with E-state index < -0.39 is 39.8 Å². The van der Waals surface area contributed by atoms with Crippen LogP contribution in [0.3, 0.4) is 0 Å². The fraction of sp³-hybridized carbons (Fsp3) is 0.222. The lowest BCUT2D eigenvalue weighted by Gasteiger charge is -2.09. The van der Waals surface area contributed by atoms with Crippen molar-refractivity contribution < 1.29 is 27.1 Å². The summed E-state index contributed by atoms with van der Waals surface area (Å²) in [7, 11) is 0. The van der Waals surface area contributed by atoms with Gasteiger partial charge in [0.05, 0.1) is 6.61 Å². The van der Waals surface area contributed by atoms with Crippen LogP contribution in [-0.2, 0) is 0 Å². The average molecular weight is 257 g/mol. The predicted octanol–water partition coefficient (Wildman–Crippen LogP) is 3.02. The molecule has 1 rings (SSSR count). The quantitative estimate of drug-likeness (QED) is 0.472. The highest BCUT2D eigenvalue weighted by Crippen LogP contribution is 2.30. The van der Waals surface area contributed by atoms with Crippen LogP contribution >= 0.6 is 11.6 Å². The smallest absolute Gasteiger partial charge is 0.258 e. The Morgan fingerprint density at radius 2 is 1.56 bits per heavy atom. The largest absolute Gasteiger partial charge is 0.488 e. The third kappa shape index (κ3) is 1.97. The van der Waals surface area contributed by atoms with Gasteiger partial charge < -0.3 is 4.74 Å². The van der Waals surface area contributed by atoms with Gasteiger partial charge in [0.25, 0.3) is 5.24 Å². The topological polar surface area (TPSA) is 26.3 Å². The molecular formula is C9H5ClF4O2. The van der Waals surface area contributed by atoms with Gasteiger partial charge in [0.2, 0.25) is 11.6 Å². The maximum atomic E-state index is 13.1. The van der Waals surface area contributed by atoms with E-state index in [-0.39, 0.29) is 6.61 Å². The Kier molecular flexibility index (Phi) is 3.74. The van der Waals surface area contributed by atoms with Crippen LogP contribution in [0.1, 0.15) is 17.3 Å². The molecule has 0 aliphatic heterocycles. The van der Waals surface area contributed by atoms with Crippen molar-refractivity contribution in [2.75, 3.05) is 6.61 Å². The first-order valence-corrected chi connectivity index (χ1v) is 4.48. The van der Waals surface area contributed by atoms with Crippen molar-refractivity contribution in [1.29, 1.82) is 0 Å². The molecule has 0 bridgehead atoms. The van der Waals surface area contributed by atoms with Crippen molar-refractivity contribution in [3.8, 4) is 5.75 Å². The molecule has 0 saturated heterocycles. The molecular weight excluding hydrogens is 252 g/mol. The summed E-state index contributed by atoms with van der Waals surface area (Å²) in [5.74, 6) is -8.53. The molecule has 0 radical (unpaired) electrons. The molecule has 2 nitrogen and oxygen atoms in total. The van der Waals surface area contributed by atoms with Crippen molar-refractivity contribution in [1.82, 2.24) is 0 Å². The molecule has 88 valence electrons. The molecule has 0 aliphatic carbocycles. The second-order valence-electron chi connectivity index (χ2n) is 2.67. The molecule has 7 heteroatoms. The fourth-order valence-corrected chi connectivity index (χ4v) is 1.22. The molecule has 0 spiro atoms. The number of benzene rings is 1. The summed E-state index contributed by atoms with van der Waals surface area (Å²) in [4.78, 5) is 10.6. The number of ether oxygens (including phenoxy) is 1. The summed E-state index contributed by atoms with van der Waals surface area (Å²) in [5, 5.41) is -1.63. The molecule has 0 amide bonds. The second-order valence-corrected chi connectivity index (χ2v) is 3.01. The molecule has 0 fully saturated rings. The van der Waals surface area contributed by atoms with Crippen molar-refractivity contribution in [2.45, 2.75) is 6.92 Å². The predicted molar refractivity (Wildman–Crippen MR) is 47.6 cm³/mol. The Balaban J connectivity index is 3.56. The van der Waals surface area contributed by atoms with E-state index in [4.69, 9.17) is 11.6 Å². The minimum atomic E-state index is -1.87. The van der Waals surface area contributed by atoms with Gasteiger partial charge in [-0.3, -0.25) is 4.79 Å². The lowest BCUT2D eigenvalue weighted by Crippen LogP contribution is -2.09. The molecule has 0 N–H and O–H groups in total. The van der Waals surface area contributed by atoms with Gasteiger partial charge in [0.15, 0.2) is 17.4 Å². The fourth-order valence-electron chi connectivity index (χ4n) is 1.06. The standard InChI is InChI=1S/C9H5ClF4O2/c1-2-16-8-6(13)4(11)3(9(10)15)5(12)7(8)14/h2H2,1H3. The van der Waals surface area contributed by atoms with Gasteiger partial charge in [-0.2, -0.15) is 8.78 Å². The normalized spacial score (nSPS) is 10.4. The third-order valence-electron chi connectivity index (χ3n) is 1.71. The molecule has 1 aromatic carbocycles. The van der Waals surface area contributed by atoms with E-state index in [0.717, 1.165) is 0 Å². The van der Waals surface area contributed by atoms with Gasteiger partial charge >= 0.3 is 0 Å². The summed E-state index contributed by atoms with van der Waals surface area (Å²) in [6.45, 7) is 1.18. The highest BCUT2D eigenvalue weighted by atomic mass is 35.5. The van der Waals surface area contributed by atoms with Crippen molar-refractivity contribution in [2.24, 2.45) is 0 Å². The highest BCUT2D eigenvalue weighted by molar-refractivity contribution is 6.67. The number of rotatable bonds is 3. The van der Waals surface area contributed by atoms with Crippen molar-refractivity contribution in [3.63, 3.8) is 0 Å². The first-order chi connectivity index (χ1) is 7.41. The summed E-state index contributed by atoms with van der Waals surface area (Å²) in [6.07, 6.45) is 0. The van der Waals surface area contributed by atoms with Crippen LogP contribution in [0.2, 0.25) is 0 Å². The van der Waals surface area contributed by atoms with E-state index in [0.29, 0.717) is 0 Å². The van der Waals surface area contributed by atoms with Crippen LogP contribution in [0.15, 0.2) is 0 Å². The average Bonchev–Trinajstić information content (AvgIpc) is 2.21. The first-order valence-electron chi connectivity index (χ1n) is 4.10. The van der Waals surface area contributed by atoms with Crippen molar-refractivity contribution in [3.05, 3.63) is 28.8 Å². The number of hydrogen-bond acceptors (Lipinski definition) is 2. The third-order valence-corrected chi connectivity index (χ3v) is 1.90. The van der Waals surface area contributed by atoms with Gasteiger partial charge in [-0.05, 0) is 18.5 Å². The molecule has 0 aromatic heterocycles.